The third-order valence-corrected chi connectivity index (χ3v) is 4.14. The maximum atomic E-state index is 12.2. The van der Waals surface area contributed by atoms with Gasteiger partial charge in [0.1, 0.15) is 0 Å². The topological polar surface area (TPSA) is 50.8 Å². The summed E-state index contributed by atoms with van der Waals surface area (Å²) in [6.07, 6.45) is 3.15. The monoisotopic (exact) mass is 358 g/mol. The SMILES string of the molecule is Cc1cc(N(C)C)ccc1NC(=O)/C=C/c1cc(Cl)c2c(c1)OCO2. The van der Waals surface area contributed by atoms with Crippen LogP contribution in [-0.4, -0.2) is 26.8 Å². The van der Waals surface area contributed by atoms with Gasteiger partial charge < -0.3 is 19.7 Å². The zero-order chi connectivity index (χ0) is 18.0. The maximum absolute atomic E-state index is 12.2. The van der Waals surface area contributed by atoms with E-state index in [1.54, 1.807) is 18.2 Å². The van der Waals surface area contributed by atoms with Crippen molar-refractivity contribution in [3.05, 3.63) is 52.6 Å². The van der Waals surface area contributed by atoms with Crippen molar-refractivity contribution in [3.8, 4) is 11.5 Å². The van der Waals surface area contributed by atoms with E-state index in [1.807, 2.05) is 44.1 Å². The molecule has 25 heavy (non-hydrogen) atoms. The molecule has 1 aliphatic rings. The number of benzene rings is 2. The number of rotatable bonds is 4. The van der Waals surface area contributed by atoms with Crippen molar-refractivity contribution in [2.45, 2.75) is 6.92 Å². The second kappa shape index (κ2) is 7.07. The summed E-state index contributed by atoms with van der Waals surface area (Å²) in [7, 11) is 3.96. The fourth-order valence-electron chi connectivity index (χ4n) is 2.50. The summed E-state index contributed by atoms with van der Waals surface area (Å²) in [5, 5.41) is 3.34. The van der Waals surface area contributed by atoms with Crippen LogP contribution in [0.25, 0.3) is 6.08 Å². The third kappa shape index (κ3) is 3.88. The molecule has 0 unspecified atom stereocenters. The van der Waals surface area contributed by atoms with Gasteiger partial charge in [-0.25, -0.2) is 0 Å². The van der Waals surface area contributed by atoms with Crippen LogP contribution in [0.15, 0.2) is 36.4 Å². The number of anilines is 2. The van der Waals surface area contributed by atoms with Gasteiger partial charge in [0.15, 0.2) is 11.5 Å². The average molecular weight is 359 g/mol. The third-order valence-electron chi connectivity index (χ3n) is 3.86. The fraction of sp³-hybridized carbons (Fsp3) is 0.211. The molecule has 0 saturated carbocycles. The van der Waals surface area contributed by atoms with Crippen LogP contribution in [0.5, 0.6) is 11.5 Å². The first-order chi connectivity index (χ1) is 11.9. The molecule has 1 aliphatic heterocycles. The number of fused-ring (bicyclic) bond motifs is 1. The number of halogens is 1. The van der Waals surface area contributed by atoms with Crippen LogP contribution in [0.4, 0.5) is 11.4 Å². The van der Waals surface area contributed by atoms with E-state index in [-0.39, 0.29) is 12.7 Å². The molecule has 1 N–H and O–H groups in total. The average Bonchev–Trinajstić information content (AvgIpc) is 3.04. The summed E-state index contributed by atoms with van der Waals surface area (Å²) >= 11 is 6.14. The van der Waals surface area contributed by atoms with Gasteiger partial charge in [-0.3, -0.25) is 4.79 Å². The number of amides is 1. The number of nitrogens with one attached hydrogen (secondary N) is 1. The summed E-state index contributed by atoms with van der Waals surface area (Å²) in [6, 6.07) is 9.40. The summed E-state index contributed by atoms with van der Waals surface area (Å²) < 4.78 is 10.6. The van der Waals surface area contributed by atoms with Crippen LogP contribution in [0.2, 0.25) is 5.02 Å². The van der Waals surface area contributed by atoms with Crippen LogP contribution < -0.4 is 19.7 Å². The van der Waals surface area contributed by atoms with Crippen LogP contribution >= 0.6 is 11.6 Å². The van der Waals surface area contributed by atoms with Crippen LogP contribution in [0, 0.1) is 6.92 Å². The van der Waals surface area contributed by atoms with Gasteiger partial charge in [-0.15, -0.1) is 0 Å². The van der Waals surface area contributed by atoms with Crippen LogP contribution in [-0.2, 0) is 4.79 Å². The molecule has 1 heterocycles. The van der Waals surface area contributed by atoms with Crippen molar-refractivity contribution in [1.82, 2.24) is 0 Å². The Bertz CT molecular complexity index is 847. The lowest BCUT2D eigenvalue weighted by Crippen LogP contribution is -2.11. The summed E-state index contributed by atoms with van der Waals surface area (Å²) in [4.78, 5) is 14.2. The molecule has 0 saturated heterocycles. The van der Waals surface area contributed by atoms with Crippen molar-refractivity contribution < 1.29 is 14.3 Å². The number of nitrogens with zero attached hydrogens (tertiary/aromatic N) is 1. The van der Waals surface area contributed by atoms with Crippen molar-refractivity contribution in [2.24, 2.45) is 0 Å². The van der Waals surface area contributed by atoms with E-state index in [0.29, 0.717) is 16.5 Å². The molecule has 5 nitrogen and oxygen atoms in total. The normalized spacial score (nSPS) is 12.5. The Hall–Kier alpha value is -2.66. The van der Waals surface area contributed by atoms with Crippen molar-refractivity contribution in [1.29, 1.82) is 0 Å². The molecule has 2 aromatic rings. The largest absolute Gasteiger partial charge is 0.454 e. The van der Waals surface area contributed by atoms with Gasteiger partial charge in [-0.1, -0.05) is 11.6 Å². The molecule has 0 aromatic heterocycles. The minimum absolute atomic E-state index is 0.158. The van der Waals surface area contributed by atoms with Gasteiger partial charge in [-0.2, -0.15) is 0 Å². The Morgan fingerprint density at radius 1 is 1.24 bits per heavy atom. The molecule has 0 fully saturated rings. The van der Waals surface area contributed by atoms with Crippen LogP contribution in [0.3, 0.4) is 0 Å². The molecule has 0 bridgehead atoms. The molecule has 1 amide bonds. The lowest BCUT2D eigenvalue weighted by Gasteiger charge is -2.15. The van der Waals surface area contributed by atoms with Gasteiger partial charge in [0.05, 0.1) is 5.02 Å². The van der Waals surface area contributed by atoms with Gasteiger partial charge in [0.25, 0.3) is 0 Å². The number of carbonyl (C=O) groups excluding carboxylic acids is 1. The van der Waals surface area contributed by atoms with E-state index in [4.69, 9.17) is 21.1 Å². The predicted octanol–water partition coefficient (Wildman–Crippen LogP) is 4.10. The second-order valence-electron chi connectivity index (χ2n) is 5.95. The molecule has 0 atom stereocenters. The van der Waals surface area contributed by atoms with Crippen molar-refractivity contribution in [2.75, 3.05) is 31.1 Å². The van der Waals surface area contributed by atoms with E-state index in [2.05, 4.69) is 5.32 Å². The minimum atomic E-state index is -0.213. The van der Waals surface area contributed by atoms with E-state index in [9.17, 15) is 4.79 Å². The molecule has 6 heteroatoms. The number of hydrogen-bond donors (Lipinski definition) is 1. The van der Waals surface area contributed by atoms with Gasteiger partial charge in [0, 0.05) is 31.5 Å². The zero-order valence-electron chi connectivity index (χ0n) is 14.3. The number of ether oxygens (including phenoxy) is 2. The van der Waals surface area contributed by atoms with Gasteiger partial charge in [-0.05, 0) is 54.5 Å². The fourth-order valence-corrected chi connectivity index (χ4v) is 2.77. The predicted molar refractivity (Wildman–Crippen MR) is 101 cm³/mol. The molecule has 0 aliphatic carbocycles. The molecule has 0 spiro atoms. The highest BCUT2D eigenvalue weighted by atomic mass is 35.5. The van der Waals surface area contributed by atoms with E-state index in [1.165, 1.54) is 6.08 Å². The highest BCUT2D eigenvalue weighted by Crippen LogP contribution is 2.40. The van der Waals surface area contributed by atoms with Gasteiger partial charge in [0.2, 0.25) is 12.7 Å². The van der Waals surface area contributed by atoms with Crippen molar-refractivity contribution in [3.63, 3.8) is 0 Å². The molecule has 2 aromatic carbocycles. The van der Waals surface area contributed by atoms with Crippen LogP contribution in [0.1, 0.15) is 11.1 Å². The Morgan fingerprint density at radius 3 is 2.76 bits per heavy atom. The van der Waals surface area contributed by atoms with Crippen molar-refractivity contribution >= 4 is 35.0 Å². The summed E-state index contributed by atoms with van der Waals surface area (Å²) in [6.45, 7) is 2.12. The molecular weight excluding hydrogens is 340 g/mol. The lowest BCUT2D eigenvalue weighted by molar-refractivity contribution is -0.111. The Kier molecular flexibility index (Phi) is 4.86. The first-order valence-electron chi connectivity index (χ1n) is 7.80. The molecule has 3 rings (SSSR count). The van der Waals surface area contributed by atoms with E-state index >= 15 is 0 Å². The Labute approximate surface area is 151 Å². The molecule has 0 radical (unpaired) electrons. The first kappa shape index (κ1) is 17.2. The summed E-state index contributed by atoms with van der Waals surface area (Å²) in [5.74, 6) is 0.914. The number of carbonyl (C=O) groups is 1. The highest BCUT2D eigenvalue weighted by molar-refractivity contribution is 6.32. The quantitative estimate of drug-likeness (QED) is 0.836. The smallest absolute Gasteiger partial charge is 0.248 e. The lowest BCUT2D eigenvalue weighted by atomic mass is 10.1. The Morgan fingerprint density at radius 2 is 2.04 bits per heavy atom. The molecule has 130 valence electrons. The molecular formula is C19H19ClN2O3. The second-order valence-corrected chi connectivity index (χ2v) is 6.36. The maximum Gasteiger partial charge on any atom is 0.248 e. The Balaban J connectivity index is 1.71. The highest BCUT2D eigenvalue weighted by Gasteiger charge is 2.17. The zero-order valence-corrected chi connectivity index (χ0v) is 15.1. The number of hydrogen-bond acceptors (Lipinski definition) is 4. The number of aryl methyl sites for hydroxylation is 1. The first-order valence-corrected chi connectivity index (χ1v) is 8.18. The summed E-state index contributed by atoms with van der Waals surface area (Å²) in [5.41, 5.74) is 3.63. The van der Waals surface area contributed by atoms with E-state index < -0.39 is 0 Å². The standard InChI is InChI=1S/C19H19ClN2O3/c1-12-8-14(22(2)3)5-6-16(12)21-18(23)7-4-13-9-15(20)19-17(10-13)24-11-25-19/h4-10H,11H2,1-3H3,(H,21,23)/b7-4+. The van der Waals surface area contributed by atoms with E-state index in [0.717, 1.165) is 22.5 Å². The minimum Gasteiger partial charge on any atom is -0.454 e. The van der Waals surface area contributed by atoms with Gasteiger partial charge >= 0.3 is 0 Å².